The second-order valence-corrected chi connectivity index (χ2v) is 28.2. The molecule has 0 atom stereocenters. The third-order valence-corrected chi connectivity index (χ3v) is 22.3. The van der Waals surface area contributed by atoms with Crippen molar-refractivity contribution >= 4 is 101 Å². The molecule has 21 rings (SSSR count). The predicted octanol–water partition coefficient (Wildman–Crippen LogP) is 25.3. The van der Waals surface area contributed by atoms with Crippen LogP contribution >= 0.6 is 0 Å². The average Bonchev–Trinajstić information content (AvgIpc) is 1.68. The third kappa shape index (κ3) is 10.2. The number of rotatable bonds is 12. The van der Waals surface area contributed by atoms with Gasteiger partial charge in [0, 0.05) is 77.9 Å². The maximum atomic E-state index is 2.67. The number of anilines is 6. The molecule has 0 aliphatic carbocycles. The normalized spacial score (nSPS) is 12.2. The standard InChI is InChI=1S/C102H67BN4/c1-5-28-68(29-6-1)72-36-21-40-76(62-72)82-48-25-49-83(77-41-22-37-73(63-77)69-30-7-2-8-31-69)101(82)106-96-56-27-57-97-100(96)103(90-60-58-80(66-98(90)106)104-92-52-17-13-44-86(92)87-45-14-18-53-93(87)104)91-61-59-81(105-94-54-19-15-46-88(94)89-47-16-20-55-95(89)105)67-99(91)107(97)102-84(78-42-23-38-74(64-78)70-32-9-3-10-33-70)50-26-51-85(102)79-43-24-39-75(65-79)71-34-11-4-12-35-71/h1-67H. The molecule has 4 nitrogen and oxygen atoms in total. The Balaban J connectivity index is 0.896. The fourth-order valence-corrected chi connectivity index (χ4v) is 17.6. The van der Waals surface area contributed by atoms with Gasteiger partial charge in [-0.1, -0.05) is 322 Å². The lowest BCUT2D eigenvalue weighted by atomic mass is 9.33. The van der Waals surface area contributed by atoms with Gasteiger partial charge in [-0.3, -0.25) is 0 Å². The van der Waals surface area contributed by atoms with Crippen LogP contribution < -0.4 is 26.2 Å². The van der Waals surface area contributed by atoms with Crippen LogP contribution in [0.5, 0.6) is 0 Å². The van der Waals surface area contributed by atoms with E-state index in [9.17, 15) is 0 Å². The molecule has 2 aliphatic heterocycles. The monoisotopic (exact) mass is 1360 g/mol. The largest absolute Gasteiger partial charge is 0.310 e. The summed E-state index contributed by atoms with van der Waals surface area (Å²) in [5, 5.41) is 4.87. The molecule has 2 aliphatic rings. The van der Waals surface area contributed by atoms with Crippen LogP contribution in [0.4, 0.5) is 34.1 Å². The van der Waals surface area contributed by atoms with E-state index in [4.69, 9.17) is 0 Å². The molecule has 19 aromatic rings. The van der Waals surface area contributed by atoms with Gasteiger partial charge in [0.05, 0.1) is 33.4 Å². The molecular weight excluding hydrogens is 1290 g/mol. The van der Waals surface area contributed by atoms with Gasteiger partial charge < -0.3 is 18.9 Å². The van der Waals surface area contributed by atoms with Crippen LogP contribution in [0, 0.1) is 0 Å². The van der Waals surface area contributed by atoms with Crippen molar-refractivity contribution in [2.24, 2.45) is 0 Å². The molecule has 0 unspecified atom stereocenters. The first-order valence-corrected chi connectivity index (χ1v) is 37.0. The number of aromatic nitrogens is 2. The lowest BCUT2D eigenvalue weighted by molar-refractivity contribution is 1.17. The van der Waals surface area contributed by atoms with Crippen LogP contribution in [-0.4, -0.2) is 15.8 Å². The number of hydrogen-bond donors (Lipinski definition) is 0. The number of hydrogen-bond acceptors (Lipinski definition) is 2. The molecule has 0 fully saturated rings. The highest BCUT2D eigenvalue weighted by molar-refractivity contribution is 7.00. The number of fused-ring (bicyclic) bond motifs is 10. The Kier molecular flexibility index (Phi) is 14.7. The zero-order chi connectivity index (χ0) is 70.5. The third-order valence-electron chi connectivity index (χ3n) is 22.3. The highest BCUT2D eigenvalue weighted by atomic mass is 15.2. The van der Waals surface area contributed by atoms with Crippen molar-refractivity contribution in [1.29, 1.82) is 0 Å². The molecule has 498 valence electrons. The van der Waals surface area contributed by atoms with Crippen LogP contribution in [0.25, 0.3) is 144 Å². The van der Waals surface area contributed by atoms with Crippen molar-refractivity contribution in [2.75, 3.05) is 9.80 Å². The average molecular weight is 1360 g/mol. The van der Waals surface area contributed by atoms with E-state index in [2.05, 4.69) is 425 Å². The van der Waals surface area contributed by atoms with Crippen LogP contribution in [0.15, 0.2) is 406 Å². The number of para-hydroxylation sites is 6. The van der Waals surface area contributed by atoms with Crippen molar-refractivity contribution < 1.29 is 0 Å². The summed E-state index contributed by atoms with van der Waals surface area (Å²) in [4.78, 5) is 5.35. The van der Waals surface area contributed by atoms with E-state index in [1.807, 2.05) is 0 Å². The molecule has 0 bridgehead atoms. The van der Waals surface area contributed by atoms with Gasteiger partial charge in [0.1, 0.15) is 0 Å². The smallest absolute Gasteiger partial charge is 0.252 e. The molecule has 0 amide bonds. The summed E-state index contributed by atoms with van der Waals surface area (Å²) in [6, 6.07) is 152. The molecule has 107 heavy (non-hydrogen) atoms. The van der Waals surface area contributed by atoms with Crippen LogP contribution in [-0.2, 0) is 0 Å². The second-order valence-electron chi connectivity index (χ2n) is 28.2. The Hall–Kier alpha value is -14.0. The topological polar surface area (TPSA) is 16.3 Å². The number of benzene rings is 17. The SMILES string of the molecule is c1ccc(-c2cccc(-c3cccc(-c4cccc(-c5ccccc5)c4)c3N3c4cc(-n5c6ccccc6c6ccccc65)ccc4B4c5ccc(-n6c7ccccc7c7ccccc76)cc5N(c5c(-c6cccc(-c7ccccc7)c6)cccc5-c5cccc(-c6ccccc6)c5)c5cccc3c54)c2)cc1. The van der Waals surface area contributed by atoms with Gasteiger partial charge in [0.25, 0.3) is 6.71 Å². The quantitative estimate of drug-likeness (QED) is 0.113. The van der Waals surface area contributed by atoms with Crippen LogP contribution in [0.2, 0.25) is 0 Å². The first kappa shape index (κ1) is 61.7. The Labute approximate surface area is 622 Å². The van der Waals surface area contributed by atoms with Gasteiger partial charge in [-0.2, -0.15) is 0 Å². The summed E-state index contributed by atoms with van der Waals surface area (Å²) in [5.74, 6) is 0. The van der Waals surface area contributed by atoms with Crippen molar-refractivity contribution in [1.82, 2.24) is 9.13 Å². The molecule has 0 N–H and O–H groups in total. The lowest BCUT2D eigenvalue weighted by Gasteiger charge is -2.45. The molecule has 4 heterocycles. The Morgan fingerprint density at radius 2 is 0.430 bits per heavy atom. The van der Waals surface area contributed by atoms with Gasteiger partial charge in [-0.15, -0.1) is 0 Å². The Bertz CT molecular complexity index is 6000. The van der Waals surface area contributed by atoms with E-state index in [1.54, 1.807) is 0 Å². The van der Waals surface area contributed by atoms with Gasteiger partial charge in [-0.25, -0.2) is 0 Å². The van der Waals surface area contributed by atoms with Crippen LogP contribution in [0.1, 0.15) is 0 Å². The summed E-state index contributed by atoms with van der Waals surface area (Å²) >= 11 is 0. The summed E-state index contributed by atoms with van der Waals surface area (Å²) in [6.07, 6.45) is 0. The molecule has 17 aromatic carbocycles. The zero-order valence-corrected chi connectivity index (χ0v) is 58.5. The summed E-state index contributed by atoms with van der Waals surface area (Å²) < 4.78 is 4.97. The van der Waals surface area contributed by atoms with Crippen molar-refractivity contribution in [3.8, 4) is 100 Å². The van der Waals surface area contributed by atoms with Gasteiger partial charge >= 0.3 is 0 Å². The van der Waals surface area contributed by atoms with E-state index < -0.39 is 0 Å². The molecule has 0 saturated heterocycles. The summed E-state index contributed by atoms with van der Waals surface area (Å²) in [6.45, 7) is -0.255. The van der Waals surface area contributed by atoms with Gasteiger partial charge in [0.2, 0.25) is 0 Å². The maximum absolute atomic E-state index is 2.67. The van der Waals surface area contributed by atoms with Crippen molar-refractivity contribution in [3.63, 3.8) is 0 Å². The predicted molar refractivity (Wildman–Crippen MR) is 453 cm³/mol. The highest BCUT2D eigenvalue weighted by Crippen LogP contribution is 2.54. The number of nitrogens with zero attached hydrogens (tertiary/aromatic N) is 4. The fourth-order valence-electron chi connectivity index (χ4n) is 17.6. The minimum atomic E-state index is -0.255. The molecule has 2 aromatic heterocycles. The van der Waals surface area contributed by atoms with Crippen molar-refractivity contribution in [3.05, 3.63) is 406 Å². The van der Waals surface area contributed by atoms with Crippen LogP contribution in [0.3, 0.4) is 0 Å². The van der Waals surface area contributed by atoms with E-state index in [1.165, 1.54) is 60.2 Å². The van der Waals surface area contributed by atoms with E-state index >= 15 is 0 Å². The van der Waals surface area contributed by atoms with E-state index in [-0.39, 0.29) is 6.71 Å². The molecule has 0 radical (unpaired) electrons. The molecular formula is C102H67BN4. The lowest BCUT2D eigenvalue weighted by Crippen LogP contribution is -2.61. The molecule has 0 spiro atoms. The highest BCUT2D eigenvalue weighted by Gasteiger charge is 2.45. The van der Waals surface area contributed by atoms with Gasteiger partial charge in [0.15, 0.2) is 0 Å². The second kappa shape index (κ2) is 25.5. The Morgan fingerprint density at radius 1 is 0.178 bits per heavy atom. The minimum absolute atomic E-state index is 0.255. The summed E-state index contributed by atoms with van der Waals surface area (Å²) in [7, 11) is 0. The van der Waals surface area contributed by atoms with Gasteiger partial charge in [-0.05, 0) is 168 Å². The minimum Gasteiger partial charge on any atom is -0.310 e. The van der Waals surface area contributed by atoms with E-state index in [0.29, 0.717) is 0 Å². The Morgan fingerprint density at radius 3 is 0.738 bits per heavy atom. The first-order chi connectivity index (χ1) is 53.1. The first-order valence-electron chi connectivity index (χ1n) is 37.0. The van der Waals surface area contributed by atoms with E-state index in [0.717, 1.165) is 134 Å². The fraction of sp³-hybridized carbons (Fsp3) is 0. The summed E-state index contributed by atoms with van der Waals surface area (Å²) in [5.41, 5.74) is 35.2. The molecule has 0 saturated carbocycles. The zero-order valence-electron chi connectivity index (χ0n) is 58.5. The van der Waals surface area contributed by atoms with Crippen molar-refractivity contribution in [2.45, 2.75) is 0 Å². The molecule has 5 heteroatoms. The maximum Gasteiger partial charge on any atom is 0.252 e.